The average molecular weight is 465 g/mol. The summed E-state index contributed by atoms with van der Waals surface area (Å²) in [5, 5.41) is 0. The molecule has 1 heterocycles. The van der Waals surface area contributed by atoms with Gasteiger partial charge in [0.15, 0.2) is 14.6 Å². The third-order valence-electron chi connectivity index (χ3n) is 4.15. The van der Waals surface area contributed by atoms with E-state index in [9.17, 15) is 18.0 Å². The number of nitrogens with zero attached hydrogens (tertiary/aromatic N) is 2. The van der Waals surface area contributed by atoms with Crippen molar-refractivity contribution >= 4 is 55.0 Å². The molecule has 158 valence electrons. The topological polar surface area (TPSA) is 94.8 Å². The number of amides is 1. The van der Waals surface area contributed by atoms with Gasteiger partial charge in [0, 0.05) is 12.0 Å². The molecule has 0 saturated heterocycles. The van der Waals surface area contributed by atoms with Crippen molar-refractivity contribution in [2.75, 3.05) is 19.1 Å². The summed E-state index contributed by atoms with van der Waals surface area (Å²) >= 11 is 2.61. The van der Waals surface area contributed by atoms with Gasteiger partial charge in [-0.05, 0) is 23.8 Å². The third-order valence-corrected chi connectivity index (χ3v) is 7.29. The van der Waals surface area contributed by atoms with Crippen LogP contribution in [-0.2, 0) is 36.5 Å². The minimum absolute atomic E-state index is 0.127. The number of methoxy groups -OCH3 is 1. The Hall–Kier alpha value is -2.43. The quantitative estimate of drug-likeness (QED) is 0.499. The predicted molar refractivity (Wildman–Crippen MR) is 118 cm³/mol. The SMILES string of the molecule is COC(=O)Cn1c(=NC(=O)CSCc2ccccc2)sc2cc(S(C)(=O)=O)ccc21. The normalized spacial score (nSPS) is 12.3. The van der Waals surface area contributed by atoms with Crippen molar-refractivity contribution in [2.24, 2.45) is 4.99 Å². The fraction of sp³-hybridized carbons (Fsp3) is 0.250. The molecule has 0 aliphatic carbocycles. The Labute approximate surface area is 182 Å². The number of carbonyl (C=O) groups is 2. The fourth-order valence-electron chi connectivity index (χ4n) is 2.69. The molecule has 1 amide bonds. The molecule has 0 unspecified atom stereocenters. The van der Waals surface area contributed by atoms with Gasteiger partial charge in [0.25, 0.3) is 5.91 Å². The number of benzene rings is 2. The molecule has 2 aromatic carbocycles. The summed E-state index contributed by atoms with van der Waals surface area (Å²) in [5.41, 5.74) is 1.73. The Bertz CT molecular complexity index is 1240. The van der Waals surface area contributed by atoms with Crippen molar-refractivity contribution in [3.05, 3.63) is 58.9 Å². The van der Waals surface area contributed by atoms with Crippen LogP contribution in [0.25, 0.3) is 10.2 Å². The van der Waals surface area contributed by atoms with Gasteiger partial charge in [-0.25, -0.2) is 8.42 Å². The second-order valence-electron chi connectivity index (χ2n) is 6.43. The van der Waals surface area contributed by atoms with E-state index >= 15 is 0 Å². The number of sulfone groups is 1. The second-order valence-corrected chi connectivity index (χ2v) is 10.4. The molecule has 30 heavy (non-hydrogen) atoms. The van der Waals surface area contributed by atoms with E-state index in [2.05, 4.69) is 4.99 Å². The Morgan fingerprint density at radius 2 is 1.90 bits per heavy atom. The Balaban J connectivity index is 1.90. The molecule has 0 aliphatic rings. The van der Waals surface area contributed by atoms with Gasteiger partial charge in [-0.1, -0.05) is 41.7 Å². The highest BCUT2D eigenvalue weighted by molar-refractivity contribution is 7.99. The van der Waals surface area contributed by atoms with E-state index in [1.807, 2.05) is 30.3 Å². The summed E-state index contributed by atoms with van der Waals surface area (Å²) in [6, 6.07) is 14.4. The highest BCUT2D eigenvalue weighted by Crippen LogP contribution is 2.22. The molecule has 0 radical (unpaired) electrons. The predicted octanol–water partition coefficient (Wildman–Crippen LogP) is 2.64. The fourth-order valence-corrected chi connectivity index (χ4v) is 5.26. The van der Waals surface area contributed by atoms with Crippen LogP contribution < -0.4 is 4.80 Å². The van der Waals surface area contributed by atoms with Crippen LogP contribution in [0.2, 0.25) is 0 Å². The molecule has 3 aromatic rings. The van der Waals surface area contributed by atoms with Crippen LogP contribution in [0, 0.1) is 0 Å². The summed E-state index contributed by atoms with van der Waals surface area (Å²) in [7, 11) is -2.10. The van der Waals surface area contributed by atoms with E-state index < -0.39 is 15.8 Å². The highest BCUT2D eigenvalue weighted by atomic mass is 32.2. The van der Waals surface area contributed by atoms with Crippen LogP contribution in [0.1, 0.15) is 5.56 Å². The van der Waals surface area contributed by atoms with Gasteiger partial charge in [-0.15, -0.1) is 11.8 Å². The van der Waals surface area contributed by atoms with Gasteiger partial charge < -0.3 is 9.30 Å². The molecule has 0 saturated carbocycles. The number of fused-ring (bicyclic) bond motifs is 1. The molecule has 1 aromatic heterocycles. The van der Waals surface area contributed by atoms with E-state index in [1.54, 1.807) is 10.6 Å². The molecule has 3 rings (SSSR count). The summed E-state index contributed by atoms with van der Waals surface area (Å²) in [6.45, 7) is -0.127. The van der Waals surface area contributed by atoms with Crippen LogP contribution in [0.3, 0.4) is 0 Å². The molecular weight excluding hydrogens is 444 g/mol. The Morgan fingerprint density at radius 3 is 2.57 bits per heavy atom. The lowest BCUT2D eigenvalue weighted by Crippen LogP contribution is -2.22. The van der Waals surface area contributed by atoms with E-state index in [0.29, 0.717) is 20.8 Å². The van der Waals surface area contributed by atoms with Crippen molar-refractivity contribution in [3.8, 4) is 0 Å². The monoisotopic (exact) mass is 464 g/mol. The lowest BCUT2D eigenvalue weighted by molar-refractivity contribution is -0.141. The van der Waals surface area contributed by atoms with E-state index in [-0.39, 0.29) is 23.1 Å². The molecular formula is C20H20N2O5S3. The van der Waals surface area contributed by atoms with E-state index in [1.165, 1.54) is 31.0 Å². The zero-order valence-corrected chi connectivity index (χ0v) is 18.9. The zero-order chi connectivity index (χ0) is 21.7. The average Bonchev–Trinajstić information content (AvgIpc) is 3.04. The number of carbonyl (C=O) groups excluding carboxylic acids is 2. The molecule has 7 nitrogen and oxygen atoms in total. The van der Waals surface area contributed by atoms with Gasteiger partial charge in [0.2, 0.25) is 0 Å². The maximum absolute atomic E-state index is 12.4. The van der Waals surface area contributed by atoms with Gasteiger partial charge in [0.05, 0.1) is 28.0 Å². The molecule has 0 fully saturated rings. The number of hydrogen-bond donors (Lipinski definition) is 0. The number of thioether (sulfide) groups is 1. The summed E-state index contributed by atoms with van der Waals surface area (Å²) < 4.78 is 30.6. The molecule has 10 heteroatoms. The molecule has 0 aliphatic heterocycles. The van der Waals surface area contributed by atoms with E-state index in [0.717, 1.165) is 23.2 Å². The Kier molecular flexibility index (Phi) is 7.11. The summed E-state index contributed by atoms with van der Waals surface area (Å²) in [4.78, 5) is 28.9. The smallest absolute Gasteiger partial charge is 0.325 e. The molecule has 0 atom stereocenters. The van der Waals surface area contributed by atoms with Gasteiger partial charge in [-0.2, -0.15) is 4.99 Å². The first-order chi connectivity index (χ1) is 14.3. The van der Waals surface area contributed by atoms with Crippen LogP contribution in [0.4, 0.5) is 0 Å². The van der Waals surface area contributed by atoms with Crippen LogP contribution >= 0.6 is 23.1 Å². The molecule has 0 bridgehead atoms. The van der Waals surface area contributed by atoms with Crippen molar-refractivity contribution in [2.45, 2.75) is 17.2 Å². The number of hydrogen-bond acceptors (Lipinski definition) is 7. The van der Waals surface area contributed by atoms with Gasteiger partial charge in [-0.3, -0.25) is 9.59 Å². The van der Waals surface area contributed by atoms with Crippen molar-refractivity contribution < 1.29 is 22.7 Å². The second kappa shape index (κ2) is 9.59. The van der Waals surface area contributed by atoms with Crippen LogP contribution in [-0.4, -0.2) is 44.0 Å². The first kappa shape index (κ1) is 22.3. The molecule has 0 N–H and O–H groups in total. The van der Waals surface area contributed by atoms with E-state index in [4.69, 9.17) is 4.74 Å². The number of esters is 1. The first-order valence-corrected chi connectivity index (χ1v) is 12.7. The maximum Gasteiger partial charge on any atom is 0.325 e. The van der Waals surface area contributed by atoms with Crippen molar-refractivity contribution in [3.63, 3.8) is 0 Å². The zero-order valence-electron chi connectivity index (χ0n) is 16.4. The summed E-state index contributed by atoms with van der Waals surface area (Å²) in [5.74, 6) is 0.0586. The highest BCUT2D eigenvalue weighted by Gasteiger charge is 2.15. The minimum Gasteiger partial charge on any atom is -0.468 e. The largest absolute Gasteiger partial charge is 0.468 e. The minimum atomic E-state index is -3.38. The number of aromatic nitrogens is 1. The number of rotatable bonds is 7. The van der Waals surface area contributed by atoms with Gasteiger partial charge >= 0.3 is 5.97 Å². The lowest BCUT2D eigenvalue weighted by atomic mass is 10.2. The van der Waals surface area contributed by atoms with Crippen LogP contribution in [0.5, 0.6) is 0 Å². The lowest BCUT2D eigenvalue weighted by Gasteiger charge is -2.04. The van der Waals surface area contributed by atoms with Crippen molar-refractivity contribution in [1.29, 1.82) is 0 Å². The molecule has 0 spiro atoms. The van der Waals surface area contributed by atoms with Crippen molar-refractivity contribution in [1.82, 2.24) is 4.57 Å². The first-order valence-electron chi connectivity index (χ1n) is 8.87. The third kappa shape index (κ3) is 5.59. The van der Waals surface area contributed by atoms with Gasteiger partial charge in [0.1, 0.15) is 6.54 Å². The van der Waals surface area contributed by atoms with Crippen LogP contribution in [0.15, 0.2) is 58.4 Å². The number of ether oxygens (including phenoxy) is 1. The number of thiazole rings is 1. The summed E-state index contributed by atoms with van der Waals surface area (Å²) in [6.07, 6.45) is 1.13. The Morgan fingerprint density at radius 1 is 1.17 bits per heavy atom. The maximum atomic E-state index is 12.4. The standard InChI is InChI=1S/C20H20N2O5S3/c1-27-19(24)11-22-16-9-8-15(30(2,25)26)10-17(16)29-20(22)21-18(23)13-28-12-14-6-4-3-5-7-14/h3-10H,11-13H2,1-2H3.